The lowest BCUT2D eigenvalue weighted by atomic mass is 10.0. The Bertz CT molecular complexity index is 550. The van der Waals surface area contributed by atoms with Gasteiger partial charge in [-0.15, -0.1) is 0 Å². The normalized spacial score (nSPS) is 17.4. The highest BCUT2D eigenvalue weighted by molar-refractivity contribution is 5.75. The Labute approximate surface area is 187 Å². The Morgan fingerprint density at radius 2 is 1.26 bits per heavy atom. The lowest BCUT2D eigenvalue weighted by Crippen LogP contribution is -2.28. The number of hydrogen-bond acceptors (Lipinski definition) is 4. The van der Waals surface area contributed by atoms with Crippen molar-refractivity contribution >= 4 is 11.9 Å². The van der Waals surface area contributed by atoms with Crippen molar-refractivity contribution in [3.8, 4) is 0 Å². The van der Waals surface area contributed by atoms with Crippen molar-refractivity contribution in [3.63, 3.8) is 0 Å². The van der Waals surface area contributed by atoms with Gasteiger partial charge in [-0.2, -0.15) is 0 Å². The number of aliphatic carboxylic acids is 2. The molecule has 2 rings (SSSR count). The minimum Gasteiger partial charge on any atom is -0.481 e. The largest absolute Gasteiger partial charge is 0.481 e. The van der Waals surface area contributed by atoms with Crippen LogP contribution in [0.5, 0.6) is 0 Å². The molecule has 1 aliphatic rings. The second-order valence-electron chi connectivity index (χ2n) is 8.55. The fraction of sp³-hybridized carbons (Fsp3) is 0.720. The molecule has 0 aliphatic heterocycles. The second-order valence-corrected chi connectivity index (χ2v) is 8.55. The lowest BCUT2D eigenvalue weighted by Gasteiger charge is -2.19. The molecular weight excluding hydrogens is 392 g/mol. The minimum absolute atomic E-state index is 0.296. The molecule has 176 valence electrons. The van der Waals surface area contributed by atoms with Gasteiger partial charge < -0.3 is 15.5 Å². The van der Waals surface area contributed by atoms with E-state index < -0.39 is 11.9 Å². The van der Waals surface area contributed by atoms with E-state index >= 15 is 0 Å². The van der Waals surface area contributed by atoms with Crippen molar-refractivity contribution in [1.82, 2.24) is 10.3 Å². The van der Waals surface area contributed by atoms with Crippen molar-refractivity contribution in [2.24, 2.45) is 0 Å². The molecular formula is C25H42N2O4. The fourth-order valence-electron chi connectivity index (χ4n) is 3.88. The Kier molecular flexibility index (Phi) is 16.4. The van der Waals surface area contributed by atoms with E-state index in [2.05, 4.69) is 16.4 Å². The molecule has 0 amide bonds. The average molecular weight is 435 g/mol. The third-order valence-corrected chi connectivity index (χ3v) is 5.73. The topological polar surface area (TPSA) is 99.5 Å². The molecule has 0 spiro atoms. The van der Waals surface area contributed by atoms with E-state index in [1.165, 1.54) is 95.5 Å². The van der Waals surface area contributed by atoms with E-state index in [1.54, 1.807) is 0 Å². The van der Waals surface area contributed by atoms with Crippen LogP contribution in [-0.4, -0.2) is 33.2 Å². The van der Waals surface area contributed by atoms with Crippen LogP contribution in [0.15, 0.2) is 24.5 Å². The molecule has 0 bridgehead atoms. The molecule has 0 unspecified atom stereocenters. The molecule has 6 nitrogen and oxygen atoms in total. The number of hydrogen-bond donors (Lipinski definition) is 3. The quantitative estimate of drug-likeness (QED) is 0.511. The van der Waals surface area contributed by atoms with Crippen molar-refractivity contribution in [2.75, 3.05) is 0 Å². The Balaban J connectivity index is 0.000000512. The highest BCUT2D eigenvalue weighted by atomic mass is 16.4. The summed E-state index contributed by atoms with van der Waals surface area (Å²) in [5, 5.41) is 19.6. The van der Waals surface area contributed by atoms with Crippen LogP contribution >= 0.6 is 0 Å². The number of pyridine rings is 1. The number of nitrogens with one attached hydrogen (secondary N) is 1. The van der Waals surface area contributed by atoms with Crippen LogP contribution in [0.2, 0.25) is 0 Å². The number of aromatic nitrogens is 1. The van der Waals surface area contributed by atoms with Crippen LogP contribution < -0.4 is 5.32 Å². The number of nitrogens with zero attached hydrogens (tertiary/aromatic N) is 1. The number of carboxylic acids is 2. The maximum absolute atomic E-state index is 9.64. The highest BCUT2D eigenvalue weighted by Crippen LogP contribution is 2.17. The third-order valence-electron chi connectivity index (χ3n) is 5.73. The molecule has 1 saturated carbocycles. The van der Waals surface area contributed by atoms with Crippen LogP contribution in [0.25, 0.3) is 0 Å². The first-order valence-electron chi connectivity index (χ1n) is 12.1. The molecule has 1 heterocycles. The van der Waals surface area contributed by atoms with E-state index in [4.69, 9.17) is 10.2 Å². The monoisotopic (exact) mass is 434 g/mol. The molecule has 0 saturated heterocycles. The molecule has 0 aromatic carbocycles. The first-order valence-corrected chi connectivity index (χ1v) is 12.1. The number of carboxylic acid groups (broad SMARTS) is 2. The SMILES string of the molecule is O=C(O)CCC(=O)O.c1cncc(CNC2CCCCCCCCCCCCCC2)c1. The maximum Gasteiger partial charge on any atom is 0.303 e. The van der Waals surface area contributed by atoms with Crippen molar-refractivity contribution < 1.29 is 19.8 Å². The molecule has 1 aromatic rings. The van der Waals surface area contributed by atoms with E-state index in [0.29, 0.717) is 6.04 Å². The summed E-state index contributed by atoms with van der Waals surface area (Å²) in [5.74, 6) is -2.15. The van der Waals surface area contributed by atoms with Gasteiger partial charge in [0.05, 0.1) is 12.8 Å². The smallest absolute Gasteiger partial charge is 0.303 e. The summed E-state index contributed by atoms with van der Waals surface area (Å²) in [7, 11) is 0. The van der Waals surface area contributed by atoms with Crippen LogP contribution in [0.3, 0.4) is 0 Å². The van der Waals surface area contributed by atoms with Crippen LogP contribution in [0.4, 0.5) is 0 Å². The van der Waals surface area contributed by atoms with Crippen molar-refractivity contribution in [3.05, 3.63) is 30.1 Å². The van der Waals surface area contributed by atoms with Crippen LogP contribution in [-0.2, 0) is 16.1 Å². The standard InChI is InChI=1S/C21H36N2.C4H6O4/c1-2-4-6-8-10-12-16-21(15-11-9-7-5-3-1)23-19-20-14-13-17-22-18-20;5-3(6)1-2-4(7)8/h13-14,17-18,21,23H,1-12,15-16,19H2;1-2H2,(H,5,6)(H,7,8). The summed E-state index contributed by atoms with van der Waals surface area (Å²) in [5.41, 5.74) is 1.31. The summed E-state index contributed by atoms with van der Waals surface area (Å²) in [6.45, 7) is 0.971. The van der Waals surface area contributed by atoms with Gasteiger partial charge in [0, 0.05) is 25.0 Å². The lowest BCUT2D eigenvalue weighted by molar-refractivity contribution is -0.143. The summed E-state index contributed by atoms with van der Waals surface area (Å²) in [6.07, 6.45) is 23.2. The number of rotatable bonds is 6. The van der Waals surface area contributed by atoms with E-state index in [9.17, 15) is 9.59 Å². The minimum atomic E-state index is -1.08. The summed E-state index contributed by atoms with van der Waals surface area (Å²) in [6, 6.07) is 4.90. The van der Waals surface area contributed by atoms with Crippen molar-refractivity contribution in [2.45, 2.75) is 115 Å². The first kappa shape index (κ1) is 27.1. The second kappa shape index (κ2) is 18.8. The maximum atomic E-state index is 9.64. The van der Waals surface area contributed by atoms with Gasteiger partial charge in [-0.3, -0.25) is 14.6 Å². The van der Waals surface area contributed by atoms with Gasteiger partial charge in [-0.25, -0.2) is 0 Å². The molecule has 31 heavy (non-hydrogen) atoms. The molecule has 6 heteroatoms. The molecule has 0 radical (unpaired) electrons. The summed E-state index contributed by atoms with van der Waals surface area (Å²) < 4.78 is 0. The predicted octanol–water partition coefficient (Wildman–Crippen LogP) is 5.95. The summed E-state index contributed by atoms with van der Waals surface area (Å²) in [4.78, 5) is 23.5. The van der Waals surface area contributed by atoms with Gasteiger partial charge in [0.15, 0.2) is 0 Å². The van der Waals surface area contributed by atoms with Crippen LogP contribution in [0, 0.1) is 0 Å². The van der Waals surface area contributed by atoms with Crippen molar-refractivity contribution in [1.29, 1.82) is 0 Å². The van der Waals surface area contributed by atoms with Gasteiger partial charge in [-0.1, -0.05) is 83.1 Å². The third kappa shape index (κ3) is 17.4. The Morgan fingerprint density at radius 1 is 0.806 bits per heavy atom. The average Bonchev–Trinajstić information content (AvgIpc) is 2.77. The van der Waals surface area contributed by atoms with Gasteiger partial charge in [0.1, 0.15) is 0 Å². The predicted molar refractivity (Wildman–Crippen MR) is 124 cm³/mol. The fourth-order valence-corrected chi connectivity index (χ4v) is 3.88. The van der Waals surface area contributed by atoms with Gasteiger partial charge >= 0.3 is 11.9 Å². The van der Waals surface area contributed by atoms with E-state index in [-0.39, 0.29) is 12.8 Å². The van der Waals surface area contributed by atoms with E-state index in [1.807, 2.05) is 18.5 Å². The van der Waals surface area contributed by atoms with Gasteiger partial charge in [-0.05, 0) is 24.5 Å². The molecule has 3 N–H and O–H groups in total. The molecule has 1 aliphatic carbocycles. The van der Waals surface area contributed by atoms with Gasteiger partial charge in [0.2, 0.25) is 0 Å². The summed E-state index contributed by atoms with van der Waals surface area (Å²) >= 11 is 0. The zero-order valence-corrected chi connectivity index (χ0v) is 19.1. The zero-order valence-electron chi connectivity index (χ0n) is 19.1. The Morgan fingerprint density at radius 3 is 1.65 bits per heavy atom. The molecule has 0 atom stereocenters. The van der Waals surface area contributed by atoms with E-state index in [0.717, 1.165) is 6.54 Å². The van der Waals surface area contributed by atoms with Crippen LogP contribution in [0.1, 0.15) is 108 Å². The highest BCUT2D eigenvalue weighted by Gasteiger charge is 2.08. The molecule has 1 aromatic heterocycles. The number of carbonyl (C=O) groups is 2. The van der Waals surface area contributed by atoms with Gasteiger partial charge in [0.25, 0.3) is 0 Å². The molecule has 1 fully saturated rings. The zero-order chi connectivity index (χ0) is 22.6. The first-order chi connectivity index (χ1) is 15.1. The Hall–Kier alpha value is -1.95.